The van der Waals surface area contributed by atoms with E-state index in [2.05, 4.69) is 6.92 Å². The number of aliphatic hydroxyl groups excluding tert-OH is 5. The van der Waals surface area contributed by atoms with Crippen LogP contribution in [-0.2, 0) is 69.9 Å². The molecule has 0 bridgehead atoms. The normalized spacial score (nSPS) is 11.4. The maximum Gasteiger partial charge on any atom is 0.232 e. The van der Waals surface area contributed by atoms with E-state index in [1.807, 2.05) is 63.2 Å². The summed E-state index contributed by atoms with van der Waals surface area (Å²) < 4.78 is 81.1. The van der Waals surface area contributed by atoms with Gasteiger partial charge in [-0.05, 0) is 18.6 Å². The Morgan fingerprint density at radius 3 is 0.873 bits per heavy atom. The third kappa shape index (κ3) is 34.0. The minimum Gasteiger partial charge on any atom is -0.491 e. The largest absolute Gasteiger partial charge is 0.491 e. The zero-order valence-electron chi connectivity index (χ0n) is 46.6. The Labute approximate surface area is 466 Å². The fourth-order valence-electron chi connectivity index (χ4n) is 7.06. The third-order valence-corrected chi connectivity index (χ3v) is 10.9. The number of hydrogen-bond acceptors (Lipinski definition) is 25. The van der Waals surface area contributed by atoms with Crippen molar-refractivity contribution in [1.82, 2.24) is 15.0 Å². The van der Waals surface area contributed by atoms with Crippen molar-refractivity contribution in [2.75, 3.05) is 246 Å². The number of para-hydroxylation sites is 2. The number of aliphatic hydroxyl groups is 5. The van der Waals surface area contributed by atoms with Crippen LogP contribution < -0.4 is 24.2 Å². The van der Waals surface area contributed by atoms with E-state index in [0.717, 1.165) is 17.5 Å². The molecule has 0 aliphatic heterocycles. The fourth-order valence-corrected chi connectivity index (χ4v) is 7.06. The van der Waals surface area contributed by atoms with E-state index >= 15 is 0 Å². The van der Waals surface area contributed by atoms with E-state index in [1.165, 1.54) is 0 Å². The van der Waals surface area contributed by atoms with E-state index in [9.17, 15) is 15.3 Å². The van der Waals surface area contributed by atoms with Crippen molar-refractivity contribution in [3.63, 3.8) is 0 Å². The molecule has 1 aromatic heterocycles. The molecular formula is C54H92N6O19. The van der Waals surface area contributed by atoms with E-state index in [0.29, 0.717) is 174 Å². The summed E-state index contributed by atoms with van der Waals surface area (Å²) in [5.74, 6) is 2.32. The number of anilines is 3. The lowest BCUT2D eigenvalue weighted by atomic mass is 10.2. The second-order valence-electron chi connectivity index (χ2n) is 16.9. The van der Waals surface area contributed by atoms with E-state index in [4.69, 9.17) is 91.5 Å². The molecule has 3 rings (SSSR count). The average Bonchev–Trinajstić information content (AvgIpc) is 3.50. The van der Waals surface area contributed by atoms with Gasteiger partial charge in [-0.25, -0.2) is 0 Å². The van der Waals surface area contributed by atoms with Crippen molar-refractivity contribution in [2.24, 2.45) is 0 Å². The summed E-state index contributed by atoms with van der Waals surface area (Å²) in [6.45, 7) is 11.8. The highest BCUT2D eigenvalue weighted by Gasteiger charge is 2.23. The first-order valence-corrected chi connectivity index (χ1v) is 27.5. The van der Waals surface area contributed by atoms with E-state index in [-0.39, 0.29) is 99.1 Å². The Balaban J connectivity index is 2.14. The van der Waals surface area contributed by atoms with Gasteiger partial charge in [0.2, 0.25) is 17.8 Å². The monoisotopic (exact) mass is 1130 g/mol. The third-order valence-electron chi connectivity index (χ3n) is 10.9. The van der Waals surface area contributed by atoms with E-state index < -0.39 is 0 Å². The molecule has 5 N–H and O–H groups in total. The number of hydrogen-bond donors (Lipinski definition) is 5. The van der Waals surface area contributed by atoms with Gasteiger partial charge in [-0.2, -0.15) is 15.0 Å². The summed E-state index contributed by atoms with van der Waals surface area (Å²) in [7, 11) is 0. The molecule has 0 saturated heterocycles. The zero-order chi connectivity index (χ0) is 56.3. The Kier molecular flexibility index (Phi) is 43.3. The molecule has 0 radical (unpaired) electrons. The van der Waals surface area contributed by atoms with Crippen molar-refractivity contribution < 1.29 is 91.8 Å². The summed E-state index contributed by atoms with van der Waals surface area (Å²) in [4.78, 5) is 21.7. The smallest absolute Gasteiger partial charge is 0.232 e. The summed E-state index contributed by atoms with van der Waals surface area (Å²) in [6, 6.07) is 15.5. The Morgan fingerprint density at radius 2 is 0.557 bits per heavy atom. The van der Waals surface area contributed by atoms with Crippen LogP contribution in [0.2, 0.25) is 0 Å². The molecule has 3 aromatic rings. The van der Waals surface area contributed by atoms with Crippen molar-refractivity contribution >= 4 is 17.8 Å². The maximum absolute atomic E-state index is 9.25. The van der Waals surface area contributed by atoms with Crippen molar-refractivity contribution in [1.29, 1.82) is 0 Å². The summed E-state index contributed by atoms with van der Waals surface area (Å²) in [5.41, 5.74) is 1.70. The van der Waals surface area contributed by atoms with Gasteiger partial charge in [0.25, 0.3) is 0 Å². The lowest BCUT2D eigenvalue weighted by molar-refractivity contribution is 0.0246. The van der Waals surface area contributed by atoms with Gasteiger partial charge in [-0.3, -0.25) is 0 Å². The molecule has 79 heavy (non-hydrogen) atoms. The van der Waals surface area contributed by atoms with Crippen molar-refractivity contribution in [3.8, 4) is 11.5 Å². The average molecular weight is 1130 g/mol. The van der Waals surface area contributed by atoms with Crippen LogP contribution in [0, 0.1) is 0 Å². The topological polar surface area (TPSA) is 279 Å². The molecule has 0 atom stereocenters. The highest BCUT2D eigenvalue weighted by molar-refractivity contribution is 5.49. The molecule has 1 heterocycles. The Hall–Kier alpha value is -4.23. The van der Waals surface area contributed by atoms with Crippen LogP contribution in [0.3, 0.4) is 0 Å². The molecule has 0 saturated carbocycles. The molecule has 2 aromatic carbocycles. The molecule has 0 aliphatic carbocycles. The quantitative estimate of drug-likeness (QED) is 0.0494. The van der Waals surface area contributed by atoms with Gasteiger partial charge >= 0.3 is 0 Å². The predicted octanol–water partition coefficient (Wildman–Crippen LogP) is 1.02. The van der Waals surface area contributed by atoms with Crippen LogP contribution in [-0.4, -0.2) is 271 Å². The fraction of sp³-hybridized carbons (Fsp3) is 0.722. The van der Waals surface area contributed by atoms with Crippen LogP contribution >= 0.6 is 0 Å². The number of ether oxygens (including phenoxy) is 14. The first-order chi connectivity index (χ1) is 39.1. The number of aromatic nitrogens is 3. The first-order valence-electron chi connectivity index (χ1n) is 27.5. The molecule has 0 amide bonds. The highest BCUT2D eigenvalue weighted by atomic mass is 16.6. The molecular weight excluding hydrogens is 1040 g/mol. The van der Waals surface area contributed by atoms with Crippen LogP contribution in [0.5, 0.6) is 11.5 Å². The summed E-state index contributed by atoms with van der Waals surface area (Å²) >= 11 is 0. The predicted molar refractivity (Wildman–Crippen MR) is 294 cm³/mol. The second kappa shape index (κ2) is 49.6. The second-order valence-corrected chi connectivity index (χ2v) is 16.9. The zero-order valence-corrected chi connectivity index (χ0v) is 46.6. The van der Waals surface area contributed by atoms with Crippen LogP contribution in [0.25, 0.3) is 0 Å². The molecule has 0 fully saturated rings. The Bertz CT molecular complexity index is 1730. The molecule has 0 spiro atoms. The molecule has 0 aliphatic rings. The lowest BCUT2D eigenvalue weighted by Crippen LogP contribution is -2.36. The van der Waals surface area contributed by atoms with Gasteiger partial charge in [0.1, 0.15) is 24.7 Å². The van der Waals surface area contributed by atoms with Gasteiger partial charge in [-0.1, -0.05) is 43.3 Å². The maximum atomic E-state index is 9.25. The first kappa shape index (κ1) is 69.0. The number of benzene rings is 2. The molecule has 0 unspecified atom stereocenters. The van der Waals surface area contributed by atoms with Gasteiger partial charge in [-0.15, -0.1) is 0 Å². The van der Waals surface area contributed by atoms with Gasteiger partial charge in [0, 0.05) is 57.0 Å². The molecule has 25 nitrogen and oxygen atoms in total. The minimum atomic E-state index is -0.0919. The van der Waals surface area contributed by atoms with Gasteiger partial charge in [0.05, 0.1) is 185 Å². The van der Waals surface area contributed by atoms with Crippen LogP contribution in [0.15, 0.2) is 48.5 Å². The van der Waals surface area contributed by atoms with Crippen LogP contribution in [0.1, 0.15) is 24.5 Å². The standard InChI is InChI=1S/C54H92N6O19/c1-2-20-66-30-31-69-23-13-59(46-48-7-3-5-9-50(48)78-44-42-76-40-38-74-28-18-64)53-55-52(58(11-21-67-32-35-71-25-15-61)12-22-68-33-36-72-26-16-62)56-54(57-53)60(14-24-70-34-37-73-27-17-63)47-49-8-4-6-10-51(49)79-45-43-77-41-39-75-29-19-65/h3-10,61-65H,2,11-47H2,1H3. The van der Waals surface area contributed by atoms with Crippen LogP contribution in [0.4, 0.5) is 17.8 Å². The van der Waals surface area contributed by atoms with E-state index in [1.54, 1.807) is 0 Å². The lowest BCUT2D eigenvalue weighted by Gasteiger charge is -2.30. The Morgan fingerprint density at radius 1 is 0.304 bits per heavy atom. The summed E-state index contributed by atoms with van der Waals surface area (Å²) in [5, 5.41) is 45.7. The minimum absolute atomic E-state index is 0.0535. The number of rotatable bonds is 57. The number of nitrogens with zero attached hydrogens (tertiary/aromatic N) is 6. The van der Waals surface area contributed by atoms with Crippen molar-refractivity contribution in [3.05, 3.63) is 59.7 Å². The molecule has 452 valence electrons. The van der Waals surface area contributed by atoms with Gasteiger partial charge in [0.15, 0.2) is 0 Å². The van der Waals surface area contributed by atoms with Crippen molar-refractivity contribution in [2.45, 2.75) is 26.4 Å². The SMILES string of the molecule is CCCOCCOCCN(Cc1ccccc1OCCOCCOCCO)c1nc(N(CCOCCOCCO)CCOCCOCCO)nc(N(CCOCCOCCO)Cc2ccccc2OCCOCCOCCO)n1. The highest BCUT2D eigenvalue weighted by Crippen LogP contribution is 2.27. The molecule has 25 heteroatoms. The summed E-state index contributed by atoms with van der Waals surface area (Å²) in [6.07, 6.45) is 0.900. The van der Waals surface area contributed by atoms with Gasteiger partial charge < -0.3 is 107 Å².